The van der Waals surface area contributed by atoms with Crippen molar-refractivity contribution in [1.82, 2.24) is 30.0 Å². The highest BCUT2D eigenvalue weighted by molar-refractivity contribution is 5.94. The number of hydrogen-bond acceptors (Lipinski definition) is 6. The van der Waals surface area contributed by atoms with Crippen molar-refractivity contribution in [2.45, 2.75) is 51.8 Å². The zero-order chi connectivity index (χ0) is 18.8. The van der Waals surface area contributed by atoms with E-state index >= 15 is 0 Å². The predicted octanol–water partition coefficient (Wildman–Crippen LogP) is 2.01. The molecule has 0 saturated carbocycles. The molecular formula is C19H27ClN6O2. The van der Waals surface area contributed by atoms with Crippen LogP contribution in [0.3, 0.4) is 0 Å². The minimum Gasteiger partial charge on any atom is -0.489 e. The molecule has 0 spiro atoms. The molecule has 1 amide bonds. The van der Waals surface area contributed by atoms with Crippen LogP contribution in [0.1, 0.15) is 54.6 Å². The van der Waals surface area contributed by atoms with Gasteiger partial charge in [0.15, 0.2) is 0 Å². The first kappa shape index (κ1) is 20.5. The lowest BCUT2D eigenvalue weighted by Crippen LogP contribution is -2.39. The lowest BCUT2D eigenvalue weighted by molar-refractivity contribution is 0.0709. The highest BCUT2D eigenvalue weighted by Crippen LogP contribution is 2.28. The van der Waals surface area contributed by atoms with E-state index < -0.39 is 0 Å². The fourth-order valence-electron chi connectivity index (χ4n) is 3.81. The second-order valence-corrected chi connectivity index (χ2v) is 7.45. The summed E-state index contributed by atoms with van der Waals surface area (Å²) in [6, 6.07) is 1.78. The third-order valence-corrected chi connectivity index (χ3v) is 5.13. The van der Waals surface area contributed by atoms with Crippen LogP contribution >= 0.6 is 12.4 Å². The van der Waals surface area contributed by atoms with E-state index in [9.17, 15) is 4.79 Å². The SMILES string of the molecule is CC(C)Oc1cncc(C(=O)N2CCC(c3nnc4n3CCNC4)CC2)c1.Cl. The van der Waals surface area contributed by atoms with E-state index in [0.717, 1.165) is 57.2 Å². The molecule has 28 heavy (non-hydrogen) atoms. The molecule has 152 valence electrons. The monoisotopic (exact) mass is 406 g/mol. The van der Waals surface area contributed by atoms with Gasteiger partial charge < -0.3 is 19.5 Å². The number of pyridine rings is 1. The molecule has 0 bridgehead atoms. The molecule has 9 heteroatoms. The Morgan fingerprint density at radius 1 is 1.21 bits per heavy atom. The van der Waals surface area contributed by atoms with E-state index in [1.165, 1.54) is 0 Å². The highest BCUT2D eigenvalue weighted by Gasteiger charge is 2.29. The Kier molecular flexibility index (Phi) is 6.51. The number of fused-ring (bicyclic) bond motifs is 1. The van der Waals surface area contributed by atoms with Gasteiger partial charge in [-0.3, -0.25) is 9.78 Å². The Balaban J connectivity index is 0.00000225. The van der Waals surface area contributed by atoms with Crippen LogP contribution in [0.4, 0.5) is 0 Å². The number of likely N-dealkylation sites (tertiary alicyclic amines) is 1. The molecule has 0 aliphatic carbocycles. The first-order chi connectivity index (χ1) is 13.1. The van der Waals surface area contributed by atoms with Crippen LogP contribution < -0.4 is 10.1 Å². The summed E-state index contributed by atoms with van der Waals surface area (Å²) in [5.41, 5.74) is 0.581. The van der Waals surface area contributed by atoms with E-state index in [4.69, 9.17) is 4.74 Å². The van der Waals surface area contributed by atoms with Crippen molar-refractivity contribution < 1.29 is 9.53 Å². The Morgan fingerprint density at radius 3 is 2.75 bits per heavy atom. The number of carbonyl (C=O) groups excluding carboxylic acids is 1. The molecular weight excluding hydrogens is 380 g/mol. The van der Waals surface area contributed by atoms with E-state index in [2.05, 4.69) is 25.1 Å². The van der Waals surface area contributed by atoms with E-state index in [0.29, 0.717) is 17.2 Å². The summed E-state index contributed by atoms with van der Waals surface area (Å²) in [6.07, 6.45) is 5.13. The van der Waals surface area contributed by atoms with Crippen molar-refractivity contribution in [3.63, 3.8) is 0 Å². The van der Waals surface area contributed by atoms with E-state index in [-0.39, 0.29) is 24.4 Å². The van der Waals surface area contributed by atoms with Crippen LogP contribution in [0, 0.1) is 0 Å². The number of piperidine rings is 1. The first-order valence-electron chi connectivity index (χ1n) is 9.65. The number of ether oxygens (including phenoxy) is 1. The van der Waals surface area contributed by atoms with Crippen LogP contribution in [0.2, 0.25) is 0 Å². The molecule has 1 saturated heterocycles. The summed E-state index contributed by atoms with van der Waals surface area (Å²) in [4.78, 5) is 18.9. The van der Waals surface area contributed by atoms with Gasteiger partial charge in [-0.05, 0) is 32.8 Å². The topological polar surface area (TPSA) is 85.2 Å². The van der Waals surface area contributed by atoms with Crippen molar-refractivity contribution in [2.24, 2.45) is 0 Å². The number of aromatic nitrogens is 4. The zero-order valence-corrected chi connectivity index (χ0v) is 17.1. The van der Waals surface area contributed by atoms with Gasteiger partial charge in [0.1, 0.15) is 17.4 Å². The molecule has 0 radical (unpaired) electrons. The highest BCUT2D eigenvalue weighted by atomic mass is 35.5. The Bertz CT molecular complexity index is 817. The number of carbonyl (C=O) groups is 1. The first-order valence-corrected chi connectivity index (χ1v) is 9.65. The molecule has 0 atom stereocenters. The average molecular weight is 407 g/mol. The molecule has 2 aliphatic rings. The summed E-state index contributed by atoms with van der Waals surface area (Å²) in [7, 11) is 0. The van der Waals surface area contributed by atoms with Gasteiger partial charge in [-0.1, -0.05) is 0 Å². The fraction of sp³-hybridized carbons (Fsp3) is 0.579. The Labute approximate surface area is 171 Å². The molecule has 2 aromatic rings. The quantitative estimate of drug-likeness (QED) is 0.835. The number of nitrogens with one attached hydrogen (secondary N) is 1. The minimum atomic E-state index is 0. The molecule has 0 aromatic carbocycles. The second-order valence-electron chi connectivity index (χ2n) is 7.45. The van der Waals surface area contributed by atoms with Gasteiger partial charge >= 0.3 is 0 Å². The lowest BCUT2D eigenvalue weighted by atomic mass is 9.95. The van der Waals surface area contributed by atoms with Crippen LogP contribution in [0.5, 0.6) is 5.75 Å². The Morgan fingerprint density at radius 2 is 2.00 bits per heavy atom. The smallest absolute Gasteiger partial charge is 0.255 e. The summed E-state index contributed by atoms with van der Waals surface area (Å²) in [5, 5.41) is 12.1. The zero-order valence-electron chi connectivity index (χ0n) is 16.3. The standard InChI is InChI=1S/C19H26N6O2.ClH/c1-13(2)27-16-9-15(10-21-11-16)19(26)24-6-3-14(4-7-24)18-23-22-17-12-20-5-8-25(17)18;/h9-11,13-14,20H,3-8,12H2,1-2H3;1H. The van der Waals surface area contributed by atoms with Crippen LogP contribution in [-0.2, 0) is 13.1 Å². The fourth-order valence-corrected chi connectivity index (χ4v) is 3.81. The summed E-state index contributed by atoms with van der Waals surface area (Å²) in [6.45, 7) is 8.02. The van der Waals surface area contributed by atoms with Crippen molar-refractivity contribution in [1.29, 1.82) is 0 Å². The van der Waals surface area contributed by atoms with E-state index in [1.54, 1.807) is 18.5 Å². The maximum atomic E-state index is 12.9. The molecule has 1 N–H and O–H groups in total. The summed E-state index contributed by atoms with van der Waals surface area (Å²) < 4.78 is 7.90. The predicted molar refractivity (Wildman–Crippen MR) is 107 cm³/mol. The van der Waals surface area contributed by atoms with Gasteiger partial charge in [-0.15, -0.1) is 22.6 Å². The van der Waals surface area contributed by atoms with Crippen LogP contribution in [0.25, 0.3) is 0 Å². The van der Waals surface area contributed by atoms with Crippen molar-refractivity contribution in [2.75, 3.05) is 19.6 Å². The molecule has 8 nitrogen and oxygen atoms in total. The number of nitrogens with zero attached hydrogens (tertiary/aromatic N) is 5. The molecule has 4 heterocycles. The summed E-state index contributed by atoms with van der Waals surface area (Å²) >= 11 is 0. The maximum Gasteiger partial charge on any atom is 0.255 e. The third-order valence-electron chi connectivity index (χ3n) is 5.13. The van der Waals surface area contributed by atoms with Gasteiger partial charge in [0.25, 0.3) is 5.91 Å². The van der Waals surface area contributed by atoms with E-state index in [1.807, 2.05) is 18.7 Å². The number of amides is 1. The molecule has 0 unspecified atom stereocenters. The van der Waals surface area contributed by atoms with Gasteiger partial charge in [0.05, 0.1) is 24.4 Å². The number of hydrogen-bond donors (Lipinski definition) is 1. The lowest BCUT2D eigenvalue weighted by Gasteiger charge is -2.32. The van der Waals surface area contributed by atoms with Gasteiger partial charge in [-0.25, -0.2) is 0 Å². The van der Waals surface area contributed by atoms with Gasteiger partial charge in [-0.2, -0.15) is 0 Å². The minimum absolute atomic E-state index is 0. The average Bonchev–Trinajstić information content (AvgIpc) is 3.11. The van der Waals surface area contributed by atoms with Gasteiger partial charge in [0, 0.05) is 38.3 Å². The maximum absolute atomic E-state index is 12.9. The van der Waals surface area contributed by atoms with Crippen molar-refractivity contribution in [3.05, 3.63) is 35.7 Å². The van der Waals surface area contributed by atoms with Gasteiger partial charge in [0.2, 0.25) is 0 Å². The molecule has 2 aromatic heterocycles. The van der Waals surface area contributed by atoms with Crippen LogP contribution in [-0.4, -0.2) is 56.3 Å². The largest absolute Gasteiger partial charge is 0.489 e. The number of halogens is 1. The third kappa shape index (κ3) is 4.28. The molecule has 4 rings (SSSR count). The second kappa shape index (κ2) is 8.87. The van der Waals surface area contributed by atoms with Crippen molar-refractivity contribution >= 4 is 18.3 Å². The summed E-state index contributed by atoms with van der Waals surface area (Å²) in [5.74, 6) is 3.11. The molecule has 2 aliphatic heterocycles. The Hall–Kier alpha value is -2.19. The number of rotatable bonds is 4. The van der Waals surface area contributed by atoms with Crippen LogP contribution in [0.15, 0.2) is 18.5 Å². The van der Waals surface area contributed by atoms with Crippen molar-refractivity contribution in [3.8, 4) is 5.75 Å². The molecule has 1 fully saturated rings. The normalized spacial score (nSPS) is 17.2.